The Kier molecular flexibility index (Phi) is 5.56. The predicted octanol–water partition coefficient (Wildman–Crippen LogP) is 2.83. The Labute approximate surface area is 86.4 Å². The molecule has 0 aromatic carbocycles. The van der Waals surface area contributed by atoms with E-state index < -0.39 is 0 Å². The Balaban J connectivity index is 2.04. The molecule has 0 bridgehead atoms. The molecule has 1 rings (SSSR count). The third-order valence-corrected chi connectivity index (χ3v) is 3.65. The van der Waals surface area contributed by atoms with E-state index >= 15 is 0 Å². The molecule has 0 aromatic rings. The summed E-state index contributed by atoms with van der Waals surface area (Å²) >= 11 is 1.95. The van der Waals surface area contributed by atoms with Gasteiger partial charge in [-0.25, -0.2) is 0 Å². The van der Waals surface area contributed by atoms with Crippen LogP contribution in [0.2, 0.25) is 0 Å². The highest BCUT2D eigenvalue weighted by molar-refractivity contribution is 7.99. The summed E-state index contributed by atoms with van der Waals surface area (Å²) < 4.78 is 0. The molecule has 0 heterocycles. The number of hydrogen-bond donors (Lipinski definition) is 1. The van der Waals surface area contributed by atoms with E-state index in [1.165, 1.54) is 25.7 Å². The summed E-state index contributed by atoms with van der Waals surface area (Å²) in [5.41, 5.74) is 0. The highest BCUT2D eigenvalue weighted by Gasteiger charge is 2.07. The number of allylic oxidation sites excluding steroid dienone is 1. The zero-order valence-corrected chi connectivity index (χ0v) is 9.57. The van der Waals surface area contributed by atoms with E-state index in [0.29, 0.717) is 6.04 Å². The zero-order valence-electron chi connectivity index (χ0n) is 8.75. The first-order valence-electron chi connectivity index (χ1n) is 5.25. The molecule has 0 saturated heterocycles. The Morgan fingerprint density at radius 2 is 2.46 bits per heavy atom. The van der Waals surface area contributed by atoms with E-state index in [2.05, 4.69) is 30.6 Å². The van der Waals surface area contributed by atoms with Gasteiger partial charge in [-0.1, -0.05) is 19.1 Å². The van der Waals surface area contributed by atoms with Crippen LogP contribution in [0.25, 0.3) is 0 Å². The summed E-state index contributed by atoms with van der Waals surface area (Å²) in [6, 6.07) is 0.655. The average Bonchev–Trinajstić information content (AvgIpc) is 2.19. The molecule has 1 aliphatic carbocycles. The Morgan fingerprint density at radius 1 is 1.62 bits per heavy atom. The fourth-order valence-electron chi connectivity index (χ4n) is 1.57. The first-order valence-corrected chi connectivity index (χ1v) is 6.54. The normalized spacial score (nSPS) is 24.6. The molecule has 1 nitrogen and oxygen atoms in total. The van der Waals surface area contributed by atoms with E-state index in [4.69, 9.17) is 0 Å². The maximum absolute atomic E-state index is 3.59. The molecule has 2 atom stereocenters. The van der Waals surface area contributed by atoms with Crippen LogP contribution in [0.15, 0.2) is 12.2 Å². The quantitative estimate of drug-likeness (QED) is 0.683. The van der Waals surface area contributed by atoms with Gasteiger partial charge in [0.1, 0.15) is 0 Å². The van der Waals surface area contributed by atoms with Gasteiger partial charge in [-0.05, 0) is 38.5 Å². The maximum Gasteiger partial charge on any atom is 0.0250 e. The Morgan fingerprint density at radius 3 is 3.08 bits per heavy atom. The van der Waals surface area contributed by atoms with Crippen molar-refractivity contribution in [2.75, 3.05) is 12.8 Å². The van der Waals surface area contributed by atoms with Crippen LogP contribution in [0.5, 0.6) is 0 Å². The summed E-state index contributed by atoms with van der Waals surface area (Å²) in [5.74, 6) is 0. The van der Waals surface area contributed by atoms with Gasteiger partial charge in [0.15, 0.2) is 0 Å². The molecule has 0 fully saturated rings. The van der Waals surface area contributed by atoms with Crippen molar-refractivity contribution in [2.24, 2.45) is 0 Å². The number of hydrogen-bond acceptors (Lipinski definition) is 2. The summed E-state index contributed by atoms with van der Waals surface area (Å²) in [4.78, 5) is 0. The van der Waals surface area contributed by atoms with Gasteiger partial charge in [0, 0.05) is 11.3 Å². The van der Waals surface area contributed by atoms with Gasteiger partial charge in [0.2, 0.25) is 0 Å². The van der Waals surface area contributed by atoms with E-state index in [-0.39, 0.29) is 0 Å². The molecular weight excluding hydrogens is 178 g/mol. The molecule has 0 aliphatic heterocycles. The van der Waals surface area contributed by atoms with Crippen molar-refractivity contribution in [3.8, 4) is 0 Å². The minimum absolute atomic E-state index is 0.655. The van der Waals surface area contributed by atoms with E-state index in [9.17, 15) is 0 Å². The number of nitrogens with one attached hydrogen (secondary N) is 1. The van der Waals surface area contributed by atoms with Crippen LogP contribution in [0.1, 0.15) is 32.6 Å². The van der Waals surface area contributed by atoms with Gasteiger partial charge in [-0.15, -0.1) is 0 Å². The van der Waals surface area contributed by atoms with Gasteiger partial charge < -0.3 is 5.32 Å². The topological polar surface area (TPSA) is 12.0 Å². The lowest BCUT2D eigenvalue weighted by Crippen LogP contribution is -2.30. The maximum atomic E-state index is 3.59. The zero-order chi connectivity index (χ0) is 9.52. The first kappa shape index (κ1) is 11.1. The van der Waals surface area contributed by atoms with Crippen LogP contribution < -0.4 is 5.32 Å². The molecule has 0 saturated carbocycles. The lowest BCUT2D eigenvalue weighted by molar-refractivity contribution is 0.515. The van der Waals surface area contributed by atoms with Crippen LogP contribution in [-0.2, 0) is 0 Å². The summed E-state index contributed by atoms with van der Waals surface area (Å²) in [5, 5.41) is 4.38. The second-order valence-electron chi connectivity index (χ2n) is 3.75. The van der Waals surface area contributed by atoms with E-state index in [1.54, 1.807) is 0 Å². The van der Waals surface area contributed by atoms with Gasteiger partial charge in [-0.2, -0.15) is 11.8 Å². The van der Waals surface area contributed by atoms with E-state index in [0.717, 1.165) is 11.8 Å². The highest BCUT2D eigenvalue weighted by atomic mass is 32.2. The summed E-state index contributed by atoms with van der Waals surface area (Å²) in [7, 11) is 0. The second kappa shape index (κ2) is 6.50. The van der Waals surface area contributed by atoms with E-state index in [1.807, 2.05) is 11.8 Å². The average molecular weight is 199 g/mol. The first-order chi connectivity index (χ1) is 6.33. The largest absolute Gasteiger partial charge is 0.310 e. The second-order valence-corrected chi connectivity index (χ2v) is 5.03. The lowest BCUT2D eigenvalue weighted by atomic mass is 10.0. The Bertz CT molecular complexity index is 156. The summed E-state index contributed by atoms with van der Waals surface area (Å²) in [6.07, 6.45) is 12.1. The standard InChI is InChI=1S/C11H21NS/c1-10(13-2)8-9-12-11-6-4-3-5-7-11/h4,6,10-12H,3,5,7-9H2,1-2H3. The lowest BCUT2D eigenvalue weighted by Gasteiger charge is -2.18. The van der Waals surface area contributed by atoms with Gasteiger partial charge in [-0.3, -0.25) is 0 Å². The predicted molar refractivity (Wildman–Crippen MR) is 62.4 cm³/mol. The molecule has 2 unspecified atom stereocenters. The molecular formula is C11H21NS. The van der Waals surface area contributed by atoms with Crippen LogP contribution >= 0.6 is 11.8 Å². The molecule has 0 spiro atoms. The van der Waals surface area contributed by atoms with Crippen LogP contribution in [0.3, 0.4) is 0 Å². The minimum Gasteiger partial charge on any atom is -0.310 e. The molecule has 0 radical (unpaired) electrons. The van der Waals surface area contributed by atoms with Crippen molar-refractivity contribution < 1.29 is 0 Å². The van der Waals surface area contributed by atoms with Crippen LogP contribution in [-0.4, -0.2) is 24.1 Å². The Hall–Kier alpha value is 0.0500. The highest BCUT2D eigenvalue weighted by Crippen LogP contribution is 2.11. The van der Waals surface area contributed by atoms with Gasteiger partial charge in [0.25, 0.3) is 0 Å². The van der Waals surface area contributed by atoms with Crippen molar-refractivity contribution in [3.05, 3.63) is 12.2 Å². The van der Waals surface area contributed by atoms with Gasteiger partial charge in [0.05, 0.1) is 0 Å². The molecule has 1 N–H and O–H groups in total. The minimum atomic E-state index is 0.655. The summed E-state index contributed by atoms with van der Waals surface area (Å²) in [6.45, 7) is 3.46. The van der Waals surface area contributed by atoms with Gasteiger partial charge >= 0.3 is 0 Å². The monoisotopic (exact) mass is 199 g/mol. The van der Waals surface area contributed by atoms with Crippen molar-refractivity contribution >= 4 is 11.8 Å². The SMILES string of the molecule is CSC(C)CCNC1C=CCCC1. The van der Waals surface area contributed by atoms with Crippen molar-refractivity contribution in [1.29, 1.82) is 0 Å². The fourth-order valence-corrected chi connectivity index (χ4v) is 1.93. The fraction of sp³-hybridized carbons (Fsp3) is 0.818. The molecule has 76 valence electrons. The molecule has 2 heteroatoms. The molecule has 0 amide bonds. The molecule has 1 aliphatic rings. The smallest absolute Gasteiger partial charge is 0.0250 e. The third kappa shape index (κ3) is 4.72. The molecule has 0 aromatic heterocycles. The van der Waals surface area contributed by atoms with Crippen molar-refractivity contribution in [1.82, 2.24) is 5.32 Å². The number of thioether (sulfide) groups is 1. The van der Waals surface area contributed by atoms with Crippen molar-refractivity contribution in [2.45, 2.75) is 43.9 Å². The van der Waals surface area contributed by atoms with Crippen LogP contribution in [0, 0.1) is 0 Å². The third-order valence-electron chi connectivity index (χ3n) is 2.61. The molecule has 13 heavy (non-hydrogen) atoms. The van der Waals surface area contributed by atoms with Crippen molar-refractivity contribution in [3.63, 3.8) is 0 Å². The number of rotatable bonds is 5. The van der Waals surface area contributed by atoms with Crippen LogP contribution in [0.4, 0.5) is 0 Å².